The van der Waals surface area contributed by atoms with Gasteiger partial charge in [0.2, 0.25) is 0 Å². The fourth-order valence-corrected chi connectivity index (χ4v) is 1.85. The molecule has 0 atom stereocenters. The van der Waals surface area contributed by atoms with Gasteiger partial charge in [0, 0.05) is 5.39 Å². The maximum atomic E-state index is 11.8. The van der Waals surface area contributed by atoms with Gasteiger partial charge in [-0.15, -0.1) is 0 Å². The summed E-state index contributed by atoms with van der Waals surface area (Å²) >= 11 is 0. The summed E-state index contributed by atoms with van der Waals surface area (Å²) in [6.07, 6.45) is 0. The second-order valence-electron chi connectivity index (χ2n) is 3.81. The predicted molar refractivity (Wildman–Crippen MR) is 66.0 cm³/mol. The Morgan fingerprint density at radius 3 is 2.67 bits per heavy atom. The van der Waals surface area contributed by atoms with Crippen LogP contribution in [0, 0.1) is 6.92 Å². The minimum Gasteiger partial charge on any atom is -0.502 e. The van der Waals surface area contributed by atoms with Crippen LogP contribution in [-0.2, 0) is 4.74 Å². The van der Waals surface area contributed by atoms with Crippen molar-refractivity contribution in [3.05, 3.63) is 29.3 Å². The topological polar surface area (TPSA) is 68.7 Å². The van der Waals surface area contributed by atoms with Crippen LogP contribution >= 0.6 is 0 Å². The van der Waals surface area contributed by atoms with Crippen LogP contribution in [0.3, 0.4) is 0 Å². The molecule has 1 aromatic carbocycles. The molecule has 0 saturated carbocycles. The quantitative estimate of drug-likeness (QED) is 0.822. The van der Waals surface area contributed by atoms with Gasteiger partial charge in [-0.05, 0) is 12.5 Å². The van der Waals surface area contributed by atoms with Gasteiger partial charge in [-0.2, -0.15) is 0 Å². The van der Waals surface area contributed by atoms with Gasteiger partial charge in [0.15, 0.2) is 5.75 Å². The number of hydrogen-bond donors (Lipinski definition) is 1. The Kier molecular flexibility index (Phi) is 3.06. The molecule has 0 aliphatic carbocycles. The maximum Gasteiger partial charge on any atom is 0.342 e. The number of hydrogen-bond acceptors (Lipinski definition) is 5. The molecule has 5 nitrogen and oxygen atoms in total. The number of fused-ring (bicyclic) bond motifs is 1. The molecular weight excluding hydrogens is 234 g/mol. The Labute approximate surface area is 104 Å². The first-order valence-electron chi connectivity index (χ1n) is 5.34. The number of aromatic hydroxyl groups is 1. The lowest BCUT2D eigenvalue weighted by molar-refractivity contribution is 0.0599. The average Bonchev–Trinajstić information content (AvgIpc) is 2.38. The summed E-state index contributed by atoms with van der Waals surface area (Å²) in [4.78, 5) is 16.0. The zero-order chi connectivity index (χ0) is 13.3. The number of carbonyl (C=O) groups excluding carboxylic acids is 1. The van der Waals surface area contributed by atoms with Gasteiger partial charge >= 0.3 is 5.97 Å². The molecule has 2 rings (SSSR count). The summed E-state index contributed by atoms with van der Waals surface area (Å²) < 4.78 is 9.66. The van der Waals surface area contributed by atoms with Crippen molar-refractivity contribution in [2.24, 2.45) is 0 Å². The Morgan fingerprint density at radius 1 is 1.33 bits per heavy atom. The molecule has 0 bridgehead atoms. The predicted octanol–water partition coefficient (Wildman–Crippen LogP) is 2.04. The van der Waals surface area contributed by atoms with E-state index < -0.39 is 5.97 Å². The highest BCUT2D eigenvalue weighted by atomic mass is 16.5. The Balaban J connectivity index is 2.91. The molecule has 0 amide bonds. The normalized spacial score (nSPS) is 10.4. The molecular formula is C13H13NO4. The zero-order valence-electron chi connectivity index (χ0n) is 10.4. The molecule has 0 unspecified atom stereocenters. The third kappa shape index (κ3) is 1.73. The number of aromatic nitrogens is 1. The molecule has 2 aromatic rings. The summed E-state index contributed by atoms with van der Waals surface area (Å²) in [5, 5.41) is 10.5. The van der Waals surface area contributed by atoms with Crippen molar-refractivity contribution in [2.45, 2.75) is 6.92 Å². The number of rotatable bonds is 2. The van der Waals surface area contributed by atoms with Gasteiger partial charge in [-0.25, -0.2) is 9.78 Å². The van der Waals surface area contributed by atoms with Crippen molar-refractivity contribution in [1.29, 1.82) is 0 Å². The molecule has 1 aromatic heterocycles. The Bertz CT molecular complexity index is 622. The molecule has 1 N–H and O–H groups in total. The Morgan fingerprint density at radius 2 is 2.06 bits per heavy atom. The average molecular weight is 247 g/mol. The summed E-state index contributed by atoms with van der Waals surface area (Å²) in [7, 11) is 2.64. The van der Waals surface area contributed by atoms with Crippen LogP contribution in [-0.4, -0.2) is 30.3 Å². The first-order chi connectivity index (χ1) is 8.60. The molecule has 18 heavy (non-hydrogen) atoms. The lowest BCUT2D eigenvalue weighted by atomic mass is 10.0. The number of pyridine rings is 1. The molecule has 0 aliphatic rings. The second-order valence-corrected chi connectivity index (χ2v) is 3.81. The smallest absolute Gasteiger partial charge is 0.342 e. The number of nitrogens with zero attached hydrogens (tertiary/aromatic N) is 1. The second kappa shape index (κ2) is 4.52. The van der Waals surface area contributed by atoms with Crippen molar-refractivity contribution in [3.63, 3.8) is 0 Å². The Hall–Kier alpha value is -2.30. The highest BCUT2D eigenvalue weighted by Gasteiger charge is 2.22. The summed E-state index contributed by atoms with van der Waals surface area (Å²) in [6, 6.07) is 5.37. The fraction of sp³-hybridized carbons (Fsp3) is 0.231. The highest BCUT2D eigenvalue weighted by molar-refractivity contribution is 6.07. The zero-order valence-corrected chi connectivity index (χ0v) is 10.4. The van der Waals surface area contributed by atoms with Crippen molar-refractivity contribution in [3.8, 4) is 11.6 Å². The number of methoxy groups -OCH3 is 2. The molecule has 0 saturated heterocycles. The lowest BCUT2D eigenvalue weighted by Crippen LogP contribution is -2.05. The van der Waals surface area contributed by atoms with Crippen molar-refractivity contribution < 1.29 is 19.4 Å². The SMILES string of the molecule is COC(=O)c1c(O)c(OC)nc2c(C)cccc12. The molecule has 0 fully saturated rings. The lowest BCUT2D eigenvalue weighted by Gasteiger charge is -2.11. The van der Waals surface area contributed by atoms with Crippen LogP contribution in [0.25, 0.3) is 10.9 Å². The van der Waals surface area contributed by atoms with Gasteiger partial charge in [-0.1, -0.05) is 18.2 Å². The minimum atomic E-state index is -0.621. The van der Waals surface area contributed by atoms with E-state index in [0.29, 0.717) is 10.9 Å². The molecule has 1 heterocycles. The van der Waals surface area contributed by atoms with Crippen LogP contribution in [0.5, 0.6) is 11.6 Å². The van der Waals surface area contributed by atoms with Crippen LogP contribution < -0.4 is 4.74 Å². The molecule has 0 aliphatic heterocycles. The number of carbonyl (C=O) groups is 1. The summed E-state index contributed by atoms with van der Waals surface area (Å²) in [5.74, 6) is -0.913. The van der Waals surface area contributed by atoms with Crippen LogP contribution in [0.1, 0.15) is 15.9 Å². The molecule has 0 spiro atoms. The number of para-hydroxylation sites is 1. The first-order valence-corrected chi connectivity index (χ1v) is 5.34. The maximum absolute atomic E-state index is 11.8. The van der Waals surface area contributed by atoms with E-state index in [9.17, 15) is 9.90 Å². The summed E-state index contributed by atoms with van der Waals surface area (Å²) in [6.45, 7) is 1.87. The van der Waals surface area contributed by atoms with Crippen molar-refractivity contribution >= 4 is 16.9 Å². The summed E-state index contributed by atoms with van der Waals surface area (Å²) in [5.41, 5.74) is 1.56. The molecule has 0 radical (unpaired) electrons. The number of aryl methyl sites for hydroxylation is 1. The van der Waals surface area contributed by atoms with E-state index in [0.717, 1.165) is 5.56 Å². The van der Waals surface area contributed by atoms with Gasteiger partial charge in [0.25, 0.3) is 5.88 Å². The first kappa shape index (κ1) is 12.2. The van der Waals surface area contributed by atoms with Gasteiger partial charge in [0.05, 0.1) is 19.7 Å². The third-order valence-corrected chi connectivity index (χ3v) is 2.74. The van der Waals surface area contributed by atoms with E-state index >= 15 is 0 Å². The number of benzene rings is 1. The van der Waals surface area contributed by atoms with Crippen LogP contribution in [0.15, 0.2) is 18.2 Å². The number of esters is 1. The fourth-order valence-electron chi connectivity index (χ4n) is 1.85. The van der Waals surface area contributed by atoms with Crippen LogP contribution in [0.2, 0.25) is 0 Å². The standard InChI is InChI=1S/C13H13NO4/c1-7-5-4-6-8-9(13(16)18-3)11(15)12(17-2)14-10(7)8/h4-6,15H,1-3H3. The van der Waals surface area contributed by atoms with Crippen molar-refractivity contribution in [2.75, 3.05) is 14.2 Å². The van der Waals surface area contributed by atoms with E-state index in [2.05, 4.69) is 9.72 Å². The van der Waals surface area contributed by atoms with E-state index in [1.165, 1.54) is 14.2 Å². The number of ether oxygens (including phenoxy) is 2. The molecule has 5 heteroatoms. The van der Waals surface area contributed by atoms with E-state index in [1.807, 2.05) is 13.0 Å². The largest absolute Gasteiger partial charge is 0.502 e. The minimum absolute atomic E-state index is 0.0113. The van der Waals surface area contributed by atoms with E-state index in [-0.39, 0.29) is 17.2 Å². The van der Waals surface area contributed by atoms with Crippen molar-refractivity contribution in [1.82, 2.24) is 4.98 Å². The van der Waals surface area contributed by atoms with Gasteiger partial charge in [-0.3, -0.25) is 0 Å². The molecule has 94 valence electrons. The van der Waals surface area contributed by atoms with E-state index in [4.69, 9.17) is 4.74 Å². The van der Waals surface area contributed by atoms with Gasteiger partial charge < -0.3 is 14.6 Å². The van der Waals surface area contributed by atoms with E-state index in [1.54, 1.807) is 12.1 Å². The van der Waals surface area contributed by atoms with Gasteiger partial charge in [0.1, 0.15) is 5.56 Å². The third-order valence-electron chi connectivity index (χ3n) is 2.74. The highest BCUT2D eigenvalue weighted by Crippen LogP contribution is 2.35. The van der Waals surface area contributed by atoms with Crippen LogP contribution in [0.4, 0.5) is 0 Å². The monoisotopic (exact) mass is 247 g/mol.